The first kappa shape index (κ1) is 14.8. The van der Waals surface area contributed by atoms with Crippen LogP contribution in [0.5, 0.6) is 0 Å². The molecule has 0 amide bonds. The third-order valence-electron chi connectivity index (χ3n) is 4.58. The minimum atomic E-state index is 0.438. The molecule has 1 aliphatic heterocycles. The Hall–Kier alpha value is -1.10. The molecule has 1 aromatic rings. The summed E-state index contributed by atoms with van der Waals surface area (Å²) in [6.45, 7) is 4.40. The van der Waals surface area contributed by atoms with Crippen LogP contribution in [-0.2, 0) is 16.0 Å². The van der Waals surface area contributed by atoms with E-state index in [1.807, 2.05) is 0 Å². The molecule has 2 fully saturated rings. The van der Waals surface area contributed by atoms with Gasteiger partial charge in [0, 0.05) is 32.4 Å². The molecule has 1 saturated carbocycles. The van der Waals surface area contributed by atoms with Crippen LogP contribution in [0.1, 0.15) is 24.8 Å². The van der Waals surface area contributed by atoms with E-state index in [4.69, 9.17) is 9.47 Å². The smallest absolute Gasteiger partial charge is 0.0779 e. The van der Waals surface area contributed by atoms with Gasteiger partial charge in [-0.15, -0.1) is 0 Å². The number of para-hydroxylation sites is 1. The molecule has 4 nitrogen and oxygen atoms in total. The van der Waals surface area contributed by atoms with E-state index in [-0.39, 0.29) is 0 Å². The Balaban J connectivity index is 1.71. The standard InChI is InChI=1S/C17H26N2O2/c1-20-11-9-18-13-14-5-2-3-6-15(14)19-10-12-21-17-8-4-7-16(17)19/h2-3,5-6,16-18H,4,7-13H2,1H3. The van der Waals surface area contributed by atoms with Crippen LogP contribution in [-0.4, -0.2) is 45.6 Å². The van der Waals surface area contributed by atoms with E-state index in [2.05, 4.69) is 34.5 Å². The van der Waals surface area contributed by atoms with Gasteiger partial charge in [0.1, 0.15) is 0 Å². The van der Waals surface area contributed by atoms with E-state index in [9.17, 15) is 0 Å². The van der Waals surface area contributed by atoms with Crippen molar-refractivity contribution < 1.29 is 9.47 Å². The van der Waals surface area contributed by atoms with Gasteiger partial charge in [-0.1, -0.05) is 18.2 Å². The Labute approximate surface area is 127 Å². The van der Waals surface area contributed by atoms with Crippen LogP contribution in [0, 0.1) is 0 Å². The summed E-state index contributed by atoms with van der Waals surface area (Å²) >= 11 is 0. The molecule has 1 saturated heterocycles. The molecule has 0 spiro atoms. The Morgan fingerprint density at radius 1 is 1.33 bits per heavy atom. The van der Waals surface area contributed by atoms with E-state index < -0.39 is 0 Å². The number of benzene rings is 1. The molecule has 0 bridgehead atoms. The van der Waals surface area contributed by atoms with E-state index in [1.54, 1.807) is 7.11 Å². The molecular weight excluding hydrogens is 264 g/mol. The fraction of sp³-hybridized carbons (Fsp3) is 0.647. The molecule has 2 aliphatic rings. The SMILES string of the molecule is COCCNCc1ccccc1N1CCOC2CCCC21. The number of ether oxygens (including phenoxy) is 2. The van der Waals surface area contributed by atoms with Gasteiger partial charge in [-0.25, -0.2) is 0 Å². The molecule has 2 unspecified atom stereocenters. The van der Waals surface area contributed by atoms with Gasteiger partial charge in [-0.05, 0) is 30.9 Å². The average Bonchev–Trinajstić information content (AvgIpc) is 3.00. The molecule has 2 atom stereocenters. The summed E-state index contributed by atoms with van der Waals surface area (Å²) in [5.41, 5.74) is 2.75. The summed E-state index contributed by atoms with van der Waals surface area (Å²) in [5.74, 6) is 0. The molecule has 1 aromatic carbocycles. The Kier molecular flexibility index (Phi) is 5.12. The van der Waals surface area contributed by atoms with Crippen molar-refractivity contribution in [2.75, 3.05) is 38.3 Å². The predicted octanol–water partition coefficient (Wildman–Crippen LogP) is 2.18. The third kappa shape index (κ3) is 3.39. The predicted molar refractivity (Wildman–Crippen MR) is 84.7 cm³/mol. The highest BCUT2D eigenvalue weighted by Crippen LogP contribution is 2.34. The fourth-order valence-electron chi connectivity index (χ4n) is 3.56. The summed E-state index contributed by atoms with van der Waals surface area (Å²) in [7, 11) is 1.74. The number of nitrogens with one attached hydrogen (secondary N) is 1. The molecule has 4 heteroatoms. The summed E-state index contributed by atoms with van der Waals surface area (Å²) < 4.78 is 11.0. The molecule has 116 valence electrons. The second-order valence-electron chi connectivity index (χ2n) is 5.90. The van der Waals surface area contributed by atoms with Crippen LogP contribution in [0.25, 0.3) is 0 Å². The Bertz CT molecular complexity index is 452. The van der Waals surface area contributed by atoms with Crippen LogP contribution in [0.15, 0.2) is 24.3 Å². The van der Waals surface area contributed by atoms with Gasteiger partial charge in [0.05, 0.1) is 25.4 Å². The van der Waals surface area contributed by atoms with Crippen LogP contribution in [0.3, 0.4) is 0 Å². The first-order valence-electron chi connectivity index (χ1n) is 8.06. The van der Waals surface area contributed by atoms with Gasteiger partial charge < -0.3 is 19.7 Å². The molecule has 1 heterocycles. The van der Waals surface area contributed by atoms with Crippen molar-refractivity contribution in [1.82, 2.24) is 5.32 Å². The first-order valence-corrected chi connectivity index (χ1v) is 8.06. The maximum Gasteiger partial charge on any atom is 0.0779 e. The highest BCUT2D eigenvalue weighted by Gasteiger charge is 2.36. The van der Waals surface area contributed by atoms with Gasteiger partial charge in [-0.2, -0.15) is 0 Å². The van der Waals surface area contributed by atoms with Crippen molar-refractivity contribution in [2.45, 2.75) is 38.0 Å². The molecule has 21 heavy (non-hydrogen) atoms. The van der Waals surface area contributed by atoms with Crippen molar-refractivity contribution in [3.63, 3.8) is 0 Å². The van der Waals surface area contributed by atoms with Crippen molar-refractivity contribution in [3.05, 3.63) is 29.8 Å². The average molecular weight is 290 g/mol. The maximum atomic E-state index is 5.93. The Morgan fingerprint density at radius 2 is 2.24 bits per heavy atom. The number of fused-ring (bicyclic) bond motifs is 1. The first-order chi connectivity index (χ1) is 10.4. The molecule has 0 radical (unpaired) electrons. The monoisotopic (exact) mass is 290 g/mol. The van der Waals surface area contributed by atoms with Gasteiger partial charge in [0.2, 0.25) is 0 Å². The second-order valence-corrected chi connectivity index (χ2v) is 5.90. The molecule has 1 N–H and O–H groups in total. The lowest BCUT2D eigenvalue weighted by atomic mass is 10.1. The maximum absolute atomic E-state index is 5.93. The van der Waals surface area contributed by atoms with Crippen molar-refractivity contribution in [3.8, 4) is 0 Å². The lowest BCUT2D eigenvalue weighted by Gasteiger charge is -2.40. The minimum Gasteiger partial charge on any atom is -0.383 e. The summed E-state index contributed by atoms with van der Waals surface area (Å²) in [6, 6.07) is 9.33. The third-order valence-corrected chi connectivity index (χ3v) is 4.58. The number of rotatable bonds is 6. The number of hydrogen-bond donors (Lipinski definition) is 1. The topological polar surface area (TPSA) is 33.7 Å². The molecule has 3 rings (SSSR count). The quantitative estimate of drug-likeness (QED) is 0.814. The summed E-state index contributed by atoms with van der Waals surface area (Å²) in [4.78, 5) is 2.58. The minimum absolute atomic E-state index is 0.438. The van der Waals surface area contributed by atoms with Gasteiger partial charge in [-0.3, -0.25) is 0 Å². The van der Waals surface area contributed by atoms with E-state index in [1.165, 1.54) is 30.5 Å². The zero-order chi connectivity index (χ0) is 14.5. The largest absolute Gasteiger partial charge is 0.383 e. The second kappa shape index (κ2) is 7.25. The van der Waals surface area contributed by atoms with Crippen molar-refractivity contribution in [2.24, 2.45) is 0 Å². The van der Waals surface area contributed by atoms with E-state index in [0.717, 1.165) is 32.8 Å². The summed E-state index contributed by atoms with van der Waals surface area (Å²) in [6.07, 6.45) is 4.21. The lowest BCUT2D eigenvalue weighted by molar-refractivity contribution is 0.0256. The Morgan fingerprint density at radius 3 is 3.14 bits per heavy atom. The highest BCUT2D eigenvalue weighted by atomic mass is 16.5. The number of hydrogen-bond acceptors (Lipinski definition) is 4. The zero-order valence-corrected chi connectivity index (χ0v) is 12.9. The van der Waals surface area contributed by atoms with Crippen LogP contribution >= 0.6 is 0 Å². The number of anilines is 1. The number of morpholine rings is 1. The fourth-order valence-corrected chi connectivity index (χ4v) is 3.56. The molecular formula is C17H26N2O2. The lowest BCUT2D eigenvalue weighted by Crippen LogP contribution is -2.49. The van der Waals surface area contributed by atoms with Gasteiger partial charge >= 0.3 is 0 Å². The number of methoxy groups -OCH3 is 1. The van der Waals surface area contributed by atoms with Crippen molar-refractivity contribution >= 4 is 5.69 Å². The van der Waals surface area contributed by atoms with Gasteiger partial charge in [0.25, 0.3) is 0 Å². The van der Waals surface area contributed by atoms with Crippen LogP contribution in [0.4, 0.5) is 5.69 Å². The number of nitrogens with zero attached hydrogens (tertiary/aromatic N) is 1. The zero-order valence-electron chi connectivity index (χ0n) is 12.9. The van der Waals surface area contributed by atoms with Crippen LogP contribution in [0.2, 0.25) is 0 Å². The molecule has 1 aliphatic carbocycles. The van der Waals surface area contributed by atoms with Crippen LogP contribution < -0.4 is 10.2 Å². The van der Waals surface area contributed by atoms with Crippen molar-refractivity contribution in [1.29, 1.82) is 0 Å². The summed E-state index contributed by atoms with van der Waals surface area (Å²) in [5, 5.41) is 3.46. The van der Waals surface area contributed by atoms with Gasteiger partial charge in [0.15, 0.2) is 0 Å². The van der Waals surface area contributed by atoms with E-state index >= 15 is 0 Å². The normalized spacial score (nSPS) is 25.1. The highest BCUT2D eigenvalue weighted by molar-refractivity contribution is 5.55. The van der Waals surface area contributed by atoms with E-state index in [0.29, 0.717) is 12.1 Å². The molecule has 0 aromatic heterocycles.